The SMILES string of the molecule is COCCN(CC(=O)N(Cc1ccc(F)cc1)Cc1cccs1)C(=O)Cc1cccs1. The molecule has 0 radical (unpaired) electrons. The minimum atomic E-state index is -0.315. The molecule has 0 fully saturated rings. The number of carbonyl (C=O) groups is 2. The normalized spacial score (nSPS) is 10.8. The predicted molar refractivity (Wildman–Crippen MR) is 121 cm³/mol. The van der Waals surface area contributed by atoms with E-state index in [9.17, 15) is 14.0 Å². The fourth-order valence-corrected chi connectivity index (χ4v) is 4.48. The lowest BCUT2D eigenvalue weighted by molar-refractivity contribution is -0.141. The summed E-state index contributed by atoms with van der Waals surface area (Å²) in [5.41, 5.74) is 0.833. The van der Waals surface area contributed by atoms with E-state index in [0.717, 1.165) is 15.3 Å². The molecule has 0 saturated carbocycles. The molecule has 0 bridgehead atoms. The van der Waals surface area contributed by atoms with Gasteiger partial charge in [-0.15, -0.1) is 22.7 Å². The second-order valence-corrected chi connectivity index (χ2v) is 9.08. The van der Waals surface area contributed by atoms with Crippen molar-refractivity contribution in [2.24, 2.45) is 0 Å². The number of methoxy groups -OCH3 is 1. The molecule has 31 heavy (non-hydrogen) atoms. The molecule has 1 aromatic carbocycles. The zero-order valence-corrected chi connectivity index (χ0v) is 19.0. The summed E-state index contributed by atoms with van der Waals surface area (Å²) in [7, 11) is 1.57. The number of amides is 2. The van der Waals surface area contributed by atoms with E-state index < -0.39 is 0 Å². The lowest BCUT2D eigenvalue weighted by Crippen LogP contribution is -2.44. The van der Waals surface area contributed by atoms with Crippen LogP contribution < -0.4 is 0 Å². The molecule has 0 aliphatic carbocycles. The fraction of sp³-hybridized carbons (Fsp3) is 0.304. The highest BCUT2D eigenvalue weighted by Crippen LogP contribution is 2.16. The van der Waals surface area contributed by atoms with Gasteiger partial charge >= 0.3 is 0 Å². The number of nitrogens with zero attached hydrogens (tertiary/aromatic N) is 2. The molecule has 0 unspecified atom stereocenters. The van der Waals surface area contributed by atoms with Gasteiger partial charge in [0.2, 0.25) is 11.8 Å². The predicted octanol–water partition coefficient (Wildman–Crippen LogP) is 4.20. The fourth-order valence-electron chi connectivity index (χ4n) is 3.06. The summed E-state index contributed by atoms with van der Waals surface area (Å²) in [6.07, 6.45) is 0.261. The van der Waals surface area contributed by atoms with Crippen LogP contribution in [0.5, 0.6) is 0 Å². The Balaban J connectivity index is 1.72. The summed E-state index contributed by atoms with van der Waals surface area (Å²) in [4.78, 5) is 31.4. The van der Waals surface area contributed by atoms with Crippen LogP contribution in [0.4, 0.5) is 4.39 Å². The van der Waals surface area contributed by atoms with E-state index in [-0.39, 0.29) is 30.6 Å². The Morgan fingerprint density at radius 3 is 2.19 bits per heavy atom. The standard InChI is InChI=1S/C23H25FN2O3S2/c1-29-11-10-25(22(27)14-20-4-2-12-30-20)17-23(28)26(16-21-5-3-13-31-21)15-18-6-8-19(24)9-7-18/h2-9,12-13H,10-11,14-17H2,1H3. The molecule has 2 aromatic heterocycles. The van der Waals surface area contributed by atoms with E-state index in [1.807, 2.05) is 35.0 Å². The number of benzene rings is 1. The molecular formula is C23H25FN2O3S2. The molecule has 3 aromatic rings. The van der Waals surface area contributed by atoms with Gasteiger partial charge in [0, 0.05) is 30.0 Å². The van der Waals surface area contributed by atoms with Gasteiger partial charge in [-0.1, -0.05) is 24.3 Å². The van der Waals surface area contributed by atoms with Gasteiger partial charge in [-0.2, -0.15) is 0 Å². The largest absolute Gasteiger partial charge is 0.383 e. The first-order valence-corrected chi connectivity index (χ1v) is 11.6. The third-order valence-electron chi connectivity index (χ3n) is 4.72. The zero-order valence-electron chi connectivity index (χ0n) is 17.3. The number of carbonyl (C=O) groups excluding carboxylic acids is 2. The molecule has 0 atom stereocenters. The molecule has 0 aliphatic rings. The van der Waals surface area contributed by atoms with Gasteiger partial charge in [0.25, 0.3) is 0 Å². The van der Waals surface area contributed by atoms with Crippen molar-refractivity contribution in [1.82, 2.24) is 9.80 Å². The summed E-state index contributed by atoms with van der Waals surface area (Å²) < 4.78 is 18.4. The first-order chi connectivity index (χ1) is 15.0. The highest BCUT2D eigenvalue weighted by Gasteiger charge is 2.22. The van der Waals surface area contributed by atoms with Gasteiger partial charge in [-0.05, 0) is 40.6 Å². The lowest BCUT2D eigenvalue weighted by Gasteiger charge is -2.27. The molecule has 0 saturated heterocycles. The highest BCUT2D eigenvalue weighted by molar-refractivity contribution is 7.10. The van der Waals surface area contributed by atoms with Crippen LogP contribution in [0.25, 0.3) is 0 Å². The van der Waals surface area contributed by atoms with E-state index in [1.165, 1.54) is 23.5 Å². The minimum Gasteiger partial charge on any atom is -0.383 e. The Bertz CT molecular complexity index is 944. The van der Waals surface area contributed by atoms with Gasteiger partial charge in [-0.25, -0.2) is 4.39 Å². The summed E-state index contributed by atoms with van der Waals surface area (Å²) in [5.74, 6) is -0.580. The first-order valence-electron chi connectivity index (χ1n) is 9.89. The van der Waals surface area contributed by atoms with Crippen molar-refractivity contribution < 1.29 is 18.7 Å². The van der Waals surface area contributed by atoms with Gasteiger partial charge < -0.3 is 14.5 Å². The van der Waals surface area contributed by atoms with Crippen molar-refractivity contribution in [3.63, 3.8) is 0 Å². The smallest absolute Gasteiger partial charge is 0.242 e. The lowest BCUT2D eigenvalue weighted by atomic mass is 10.2. The van der Waals surface area contributed by atoms with E-state index in [2.05, 4.69) is 0 Å². The molecule has 8 heteroatoms. The zero-order chi connectivity index (χ0) is 22.1. The molecule has 0 N–H and O–H groups in total. The van der Waals surface area contributed by atoms with Crippen LogP contribution in [0.1, 0.15) is 15.3 Å². The molecule has 0 aliphatic heterocycles. The van der Waals surface area contributed by atoms with Gasteiger partial charge in [0.15, 0.2) is 0 Å². The third-order valence-corrected chi connectivity index (χ3v) is 6.45. The van der Waals surface area contributed by atoms with Crippen LogP contribution in [-0.4, -0.2) is 48.4 Å². The molecule has 164 valence electrons. The Morgan fingerprint density at radius 1 is 0.903 bits per heavy atom. The maximum absolute atomic E-state index is 13.3. The van der Waals surface area contributed by atoms with Crippen LogP contribution in [0.2, 0.25) is 0 Å². The quantitative estimate of drug-likeness (QED) is 0.431. The third kappa shape index (κ3) is 7.27. The van der Waals surface area contributed by atoms with Crippen molar-refractivity contribution in [1.29, 1.82) is 0 Å². The van der Waals surface area contributed by atoms with Crippen LogP contribution in [0.15, 0.2) is 59.3 Å². The number of hydrogen-bond donors (Lipinski definition) is 0. The van der Waals surface area contributed by atoms with Crippen LogP contribution >= 0.6 is 22.7 Å². The summed E-state index contributed by atoms with van der Waals surface area (Å²) in [6, 6.07) is 13.9. The van der Waals surface area contributed by atoms with Gasteiger partial charge in [-0.3, -0.25) is 9.59 Å². The monoisotopic (exact) mass is 460 g/mol. The number of hydrogen-bond acceptors (Lipinski definition) is 5. The summed E-state index contributed by atoms with van der Waals surface area (Å²) in [5, 5.41) is 3.89. The number of ether oxygens (including phenoxy) is 1. The molecule has 0 spiro atoms. The highest BCUT2D eigenvalue weighted by atomic mass is 32.1. The van der Waals surface area contributed by atoms with Gasteiger partial charge in [0.1, 0.15) is 5.82 Å². The average Bonchev–Trinajstić information content (AvgIpc) is 3.46. The number of thiophene rings is 2. The maximum atomic E-state index is 13.3. The van der Waals surface area contributed by atoms with Crippen LogP contribution in [0.3, 0.4) is 0 Å². The van der Waals surface area contributed by atoms with Crippen molar-refractivity contribution in [2.75, 3.05) is 26.8 Å². The summed E-state index contributed by atoms with van der Waals surface area (Å²) >= 11 is 3.09. The first kappa shape index (κ1) is 23.1. The van der Waals surface area contributed by atoms with Gasteiger partial charge in [0.05, 0.1) is 26.1 Å². The van der Waals surface area contributed by atoms with Crippen molar-refractivity contribution in [3.05, 3.63) is 80.4 Å². The Kier molecular flexibility index (Phi) is 8.75. The number of halogens is 1. The van der Waals surface area contributed by atoms with E-state index >= 15 is 0 Å². The maximum Gasteiger partial charge on any atom is 0.242 e. The molecule has 2 amide bonds. The van der Waals surface area contributed by atoms with Crippen molar-refractivity contribution >= 4 is 34.5 Å². The second kappa shape index (κ2) is 11.7. The van der Waals surface area contributed by atoms with E-state index in [1.54, 1.807) is 40.4 Å². The summed E-state index contributed by atoms with van der Waals surface area (Å²) in [6.45, 7) is 1.45. The van der Waals surface area contributed by atoms with Crippen molar-refractivity contribution in [3.8, 4) is 0 Å². The Morgan fingerprint density at radius 2 is 1.58 bits per heavy atom. The van der Waals surface area contributed by atoms with Crippen LogP contribution in [0, 0.1) is 5.82 Å². The van der Waals surface area contributed by atoms with Crippen LogP contribution in [-0.2, 0) is 33.8 Å². The topological polar surface area (TPSA) is 49.9 Å². The molecule has 2 heterocycles. The Hall–Kier alpha value is -2.55. The average molecular weight is 461 g/mol. The second-order valence-electron chi connectivity index (χ2n) is 7.02. The minimum absolute atomic E-state index is 0.0276. The molecule has 3 rings (SSSR count). The molecular weight excluding hydrogens is 435 g/mol. The van der Waals surface area contributed by atoms with Crippen molar-refractivity contribution in [2.45, 2.75) is 19.5 Å². The Labute approximate surface area is 189 Å². The molecule has 5 nitrogen and oxygen atoms in total. The van der Waals surface area contributed by atoms with E-state index in [0.29, 0.717) is 26.2 Å². The number of rotatable bonds is 11. The van der Waals surface area contributed by atoms with E-state index in [4.69, 9.17) is 4.74 Å².